The molecule has 0 aromatic carbocycles. The molecule has 0 amide bonds. The monoisotopic (exact) mass is 222 g/mol. The fourth-order valence-electron chi connectivity index (χ4n) is 1.59. The standard InChI is InChI=1S/C12H18N2O2/c1-3-6-11(12(15)16)14-9(2)10-7-4-5-8-13-10/h4-5,7-9,11,14H,3,6H2,1-2H3,(H,15,16). The van der Waals surface area contributed by atoms with Crippen molar-refractivity contribution in [2.45, 2.75) is 38.8 Å². The van der Waals surface area contributed by atoms with E-state index in [2.05, 4.69) is 10.3 Å². The van der Waals surface area contributed by atoms with Crippen molar-refractivity contribution in [2.24, 2.45) is 0 Å². The van der Waals surface area contributed by atoms with Gasteiger partial charge in [0, 0.05) is 12.2 Å². The van der Waals surface area contributed by atoms with Gasteiger partial charge in [0.05, 0.1) is 5.69 Å². The van der Waals surface area contributed by atoms with Crippen LogP contribution < -0.4 is 5.32 Å². The van der Waals surface area contributed by atoms with Crippen molar-refractivity contribution in [1.82, 2.24) is 10.3 Å². The molecule has 1 rings (SSSR count). The number of nitrogens with zero attached hydrogens (tertiary/aromatic N) is 1. The topological polar surface area (TPSA) is 62.2 Å². The summed E-state index contributed by atoms with van der Waals surface area (Å²) in [5, 5.41) is 12.1. The van der Waals surface area contributed by atoms with E-state index in [1.165, 1.54) is 0 Å². The molecule has 1 aromatic rings. The van der Waals surface area contributed by atoms with E-state index in [0.717, 1.165) is 12.1 Å². The van der Waals surface area contributed by atoms with E-state index in [1.54, 1.807) is 6.20 Å². The first kappa shape index (κ1) is 12.6. The van der Waals surface area contributed by atoms with Crippen LogP contribution >= 0.6 is 0 Å². The van der Waals surface area contributed by atoms with E-state index < -0.39 is 12.0 Å². The van der Waals surface area contributed by atoms with Crippen molar-refractivity contribution in [1.29, 1.82) is 0 Å². The van der Waals surface area contributed by atoms with Crippen LogP contribution in [0.4, 0.5) is 0 Å². The number of carbonyl (C=O) groups is 1. The molecule has 0 spiro atoms. The lowest BCUT2D eigenvalue weighted by atomic mass is 10.1. The molecule has 2 atom stereocenters. The fourth-order valence-corrected chi connectivity index (χ4v) is 1.59. The van der Waals surface area contributed by atoms with Gasteiger partial charge in [-0.1, -0.05) is 19.4 Å². The molecule has 0 saturated heterocycles. The second-order valence-electron chi connectivity index (χ2n) is 3.82. The molecular weight excluding hydrogens is 204 g/mol. The zero-order valence-electron chi connectivity index (χ0n) is 9.68. The van der Waals surface area contributed by atoms with Gasteiger partial charge in [-0.3, -0.25) is 15.1 Å². The van der Waals surface area contributed by atoms with E-state index >= 15 is 0 Å². The van der Waals surface area contributed by atoms with Crippen LogP contribution in [0.5, 0.6) is 0 Å². The molecule has 4 nitrogen and oxygen atoms in total. The fraction of sp³-hybridized carbons (Fsp3) is 0.500. The van der Waals surface area contributed by atoms with E-state index in [-0.39, 0.29) is 6.04 Å². The summed E-state index contributed by atoms with van der Waals surface area (Å²) in [5.74, 6) is -0.801. The first-order valence-corrected chi connectivity index (χ1v) is 5.55. The van der Waals surface area contributed by atoms with Crippen molar-refractivity contribution in [3.05, 3.63) is 30.1 Å². The van der Waals surface area contributed by atoms with Crippen molar-refractivity contribution in [3.63, 3.8) is 0 Å². The van der Waals surface area contributed by atoms with Crippen LogP contribution in [0.15, 0.2) is 24.4 Å². The number of carboxylic acid groups (broad SMARTS) is 1. The minimum atomic E-state index is -0.801. The molecule has 0 bridgehead atoms. The molecule has 88 valence electrons. The smallest absolute Gasteiger partial charge is 0.320 e. The summed E-state index contributed by atoms with van der Waals surface area (Å²) in [6.45, 7) is 3.90. The number of rotatable bonds is 6. The van der Waals surface area contributed by atoms with Gasteiger partial charge in [-0.2, -0.15) is 0 Å². The van der Waals surface area contributed by atoms with Crippen LogP contribution in [0.25, 0.3) is 0 Å². The molecule has 0 aliphatic heterocycles. The second kappa shape index (κ2) is 6.23. The SMILES string of the molecule is CCCC(NC(C)c1ccccn1)C(=O)O. The normalized spacial score (nSPS) is 14.4. The van der Waals surface area contributed by atoms with Gasteiger partial charge in [-0.15, -0.1) is 0 Å². The summed E-state index contributed by atoms with van der Waals surface area (Å²) in [5.41, 5.74) is 0.866. The molecule has 0 radical (unpaired) electrons. The third kappa shape index (κ3) is 3.62. The Kier molecular flexibility index (Phi) is 4.92. The van der Waals surface area contributed by atoms with Crippen LogP contribution in [0, 0.1) is 0 Å². The number of aromatic nitrogens is 1. The minimum Gasteiger partial charge on any atom is -0.480 e. The van der Waals surface area contributed by atoms with Gasteiger partial charge in [0.15, 0.2) is 0 Å². The van der Waals surface area contributed by atoms with Crippen molar-refractivity contribution < 1.29 is 9.90 Å². The summed E-state index contributed by atoms with van der Waals surface area (Å²) >= 11 is 0. The maximum Gasteiger partial charge on any atom is 0.320 e. The first-order chi connectivity index (χ1) is 7.65. The Labute approximate surface area is 95.7 Å². The van der Waals surface area contributed by atoms with Crippen LogP contribution in [0.3, 0.4) is 0 Å². The predicted octanol–water partition coefficient (Wildman–Crippen LogP) is 1.99. The van der Waals surface area contributed by atoms with E-state index in [1.807, 2.05) is 32.0 Å². The van der Waals surface area contributed by atoms with Crippen LogP contribution in [0.1, 0.15) is 38.4 Å². The Morgan fingerprint density at radius 1 is 1.56 bits per heavy atom. The lowest BCUT2D eigenvalue weighted by Crippen LogP contribution is -2.38. The molecule has 2 unspecified atom stereocenters. The minimum absolute atomic E-state index is 0.0474. The molecule has 1 aromatic heterocycles. The maximum absolute atomic E-state index is 11.0. The second-order valence-corrected chi connectivity index (χ2v) is 3.82. The molecule has 2 N–H and O–H groups in total. The average Bonchev–Trinajstić information content (AvgIpc) is 2.29. The van der Waals surface area contributed by atoms with Crippen LogP contribution in [0.2, 0.25) is 0 Å². The van der Waals surface area contributed by atoms with E-state index in [9.17, 15) is 4.79 Å². The highest BCUT2D eigenvalue weighted by molar-refractivity contribution is 5.73. The number of carboxylic acids is 1. The lowest BCUT2D eigenvalue weighted by molar-refractivity contribution is -0.139. The average molecular weight is 222 g/mol. The summed E-state index contributed by atoms with van der Waals surface area (Å²) in [7, 11) is 0. The third-order valence-electron chi connectivity index (χ3n) is 2.46. The van der Waals surface area contributed by atoms with Crippen molar-refractivity contribution in [3.8, 4) is 0 Å². The number of hydrogen-bond donors (Lipinski definition) is 2. The number of hydrogen-bond acceptors (Lipinski definition) is 3. The quantitative estimate of drug-likeness (QED) is 0.772. The van der Waals surface area contributed by atoms with Gasteiger partial charge >= 0.3 is 5.97 Å². The number of pyridine rings is 1. The Balaban J connectivity index is 2.61. The molecule has 0 aliphatic carbocycles. The van der Waals surface area contributed by atoms with Crippen LogP contribution in [-0.4, -0.2) is 22.1 Å². The Morgan fingerprint density at radius 3 is 2.81 bits per heavy atom. The van der Waals surface area contributed by atoms with Gasteiger partial charge in [0.25, 0.3) is 0 Å². The summed E-state index contributed by atoms with van der Waals surface area (Å²) in [6.07, 6.45) is 3.19. The zero-order valence-corrected chi connectivity index (χ0v) is 9.68. The first-order valence-electron chi connectivity index (χ1n) is 5.55. The zero-order chi connectivity index (χ0) is 12.0. The highest BCUT2D eigenvalue weighted by atomic mass is 16.4. The Morgan fingerprint density at radius 2 is 2.31 bits per heavy atom. The van der Waals surface area contributed by atoms with Gasteiger partial charge in [-0.25, -0.2) is 0 Å². The summed E-state index contributed by atoms with van der Waals surface area (Å²) < 4.78 is 0. The van der Waals surface area contributed by atoms with Gasteiger partial charge < -0.3 is 5.11 Å². The van der Waals surface area contributed by atoms with Crippen LogP contribution in [-0.2, 0) is 4.79 Å². The van der Waals surface area contributed by atoms with Gasteiger partial charge in [0.2, 0.25) is 0 Å². The molecular formula is C12H18N2O2. The Hall–Kier alpha value is -1.42. The predicted molar refractivity (Wildman–Crippen MR) is 62.1 cm³/mol. The van der Waals surface area contributed by atoms with Gasteiger partial charge in [-0.05, 0) is 25.5 Å². The Bertz CT molecular complexity index is 327. The summed E-state index contributed by atoms with van der Waals surface area (Å²) in [6, 6.07) is 5.09. The third-order valence-corrected chi connectivity index (χ3v) is 2.46. The number of nitrogens with one attached hydrogen (secondary N) is 1. The largest absolute Gasteiger partial charge is 0.480 e. The molecule has 0 fully saturated rings. The number of aliphatic carboxylic acids is 1. The van der Waals surface area contributed by atoms with Gasteiger partial charge in [0.1, 0.15) is 6.04 Å². The highest BCUT2D eigenvalue weighted by Crippen LogP contribution is 2.10. The molecule has 0 aliphatic rings. The van der Waals surface area contributed by atoms with E-state index in [0.29, 0.717) is 6.42 Å². The summed E-state index contributed by atoms with van der Waals surface area (Å²) in [4.78, 5) is 15.2. The maximum atomic E-state index is 11.0. The van der Waals surface area contributed by atoms with Crippen molar-refractivity contribution >= 4 is 5.97 Å². The van der Waals surface area contributed by atoms with Crippen molar-refractivity contribution in [2.75, 3.05) is 0 Å². The molecule has 0 saturated carbocycles. The molecule has 1 heterocycles. The molecule has 4 heteroatoms. The lowest BCUT2D eigenvalue weighted by Gasteiger charge is -2.19. The highest BCUT2D eigenvalue weighted by Gasteiger charge is 2.19. The molecule has 16 heavy (non-hydrogen) atoms. The van der Waals surface area contributed by atoms with E-state index in [4.69, 9.17) is 5.11 Å².